The zero-order valence-electron chi connectivity index (χ0n) is 14.1. The van der Waals surface area contributed by atoms with Crippen LogP contribution in [0.25, 0.3) is 0 Å². The smallest absolute Gasteiger partial charge is 0.314 e. The summed E-state index contributed by atoms with van der Waals surface area (Å²) >= 11 is 0. The van der Waals surface area contributed by atoms with Crippen LogP contribution in [0.2, 0.25) is 0 Å². The lowest BCUT2D eigenvalue weighted by atomic mass is 9.80. The molecule has 0 aromatic heterocycles. The van der Waals surface area contributed by atoms with Crippen LogP contribution >= 0.6 is 0 Å². The summed E-state index contributed by atoms with van der Waals surface area (Å²) in [5, 5.41) is 0. The molecule has 0 N–H and O–H groups in total. The predicted molar refractivity (Wildman–Crippen MR) is 91.0 cm³/mol. The van der Waals surface area contributed by atoms with Gasteiger partial charge in [0.15, 0.2) is 0 Å². The topological polar surface area (TPSA) is 26.3 Å². The fourth-order valence-corrected chi connectivity index (χ4v) is 3.39. The molecule has 0 spiro atoms. The van der Waals surface area contributed by atoms with Crippen molar-refractivity contribution in [1.82, 2.24) is 0 Å². The maximum atomic E-state index is 12.3. The second-order valence-corrected chi connectivity index (χ2v) is 6.67. The van der Waals surface area contributed by atoms with Crippen molar-refractivity contribution in [1.29, 1.82) is 0 Å². The van der Waals surface area contributed by atoms with Gasteiger partial charge in [0.05, 0.1) is 5.92 Å². The summed E-state index contributed by atoms with van der Waals surface area (Å²) < 4.78 is 5.56. The molecule has 0 unspecified atom stereocenters. The highest BCUT2D eigenvalue weighted by Gasteiger charge is 2.27. The highest BCUT2D eigenvalue weighted by Crippen LogP contribution is 2.32. The molecule has 2 rings (SSSR count). The quantitative estimate of drug-likeness (QED) is 0.488. The molecule has 0 aliphatic heterocycles. The lowest BCUT2D eigenvalue weighted by Crippen LogP contribution is -2.25. The summed E-state index contributed by atoms with van der Waals surface area (Å²) in [7, 11) is 0. The molecule has 0 amide bonds. The van der Waals surface area contributed by atoms with Gasteiger partial charge in [0, 0.05) is 0 Å². The Balaban J connectivity index is 1.78. The Labute approximate surface area is 135 Å². The van der Waals surface area contributed by atoms with Crippen molar-refractivity contribution in [2.75, 3.05) is 0 Å². The molecule has 1 aromatic rings. The molecule has 0 radical (unpaired) electrons. The number of carbonyl (C=O) groups is 1. The molecular weight excluding hydrogens is 272 g/mol. The zero-order chi connectivity index (χ0) is 15.8. The Morgan fingerprint density at radius 2 is 1.73 bits per heavy atom. The van der Waals surface area contributed by atoms with E-state index in [-0.39, 0.29) is 11.9 Å². The summed E-state index contributed by atoms with van der Waals surface area (Å²) in [6, 6.07) is 7.98. The van der Waals surface area contributed by atoms with E-state index in [0.29, 0.717) is 5.75 Å². The van der Waals surface area contributed by atoms with Crippen molar-refractivity contribution in [3.63, 3.8) is 0 Å². The average Bonchev–Trinajstić information content (AvgIpc) is 2.55. The molecule has 1 aliphatic carbocycles. The van der Waals surface area contributed by atoms with Gasteiger partial charge in [0.25, 0.3) is 0 Å². The van der Waals surface area contributed by atoms with Gasteiger partial charge in [-0.25, -0.2) is 0 Å². The SMILES string of the molecule is CCCCC1CCC(C(=O)Oc2ccc(CCC)cc2)CC1. The first-order valence-corrected chi connectivity index (χ1v) is 9.03. The van der Waals surface area contributed by atoms with Crippen molar-refractivity contribution < 1.29 is 9.53 Å². The van der Waals surface area contributed by atoms with E-state index in [1.807, 2.05) is 12.1 Å². The zero-order valence-corrected chi connectivity index (χ0v) is 14.1. The van der Waals surface area contributed by atoms with E-state index in [2.05, 4.69) is 26.0 Å². The summed E-state index contributed by atoms with van der Waals surface area (Å²) in [6.45, 7) is 4.42. The molecule has 2 heteroatoms. The molecule has 0 atom stereocenters. The Morgan fingerprint density at radius 1 is 1.05 bits per heavy atom. The number of rotatable bonds is 7. The van der Waals surface area contributed by atoms with E-state index >= 15 is 0 Å². The van der Waals surface area contributed by atoms with Gasteiger partial charge in [-0.1, -0.05) is 51.7 Å². The third-order valence-electron chi connectivity index (χ3n) is 4.83. The van der Waals surface area contributed by atoms with E-state index in [1.54, 1.807) is 0 Å². The van der Waals surface area contributed by atoms with Crippen molar-refractivity contribution in [2.45, 2.75) is 71.6 Å². The molecule has 122 valence electrons. The van der Waals surface area contributed by atoms with E-state index in [0.717, 1.165) is 31.6 Å². The summed E-state index contributed by atoms with van der Waals surface area (Å²) in [4.78, 5) is 12.3. The number of aryl methyl sites for hydroxylation is 1. The lowest BCUT2D eigenvalue weighted by molar-refractivity contribution is -0.140. The Bertz CT molecular complexity index is 441. The van der Waals surface area contributed by atoms with E-state index in [4.69, 9.17) is 4.74 Å². The number of carbonyl (C=O) groups excluding carboxylic acids is 1. The number of esters is 1. The van der Waals surface area contributed by atoms with Crippen LogP contribution in [0.15, 0.2) is 24.3 Å². The lowest BCUT2D eigenvalue weighted by Gasteiger charge is -2.27. The number of hydrogen-bond donors (Lipinski definition) is 0. The average molecular weight is 302 g/mol. The second kappa shape index (κ2) is 8.97. The highest BCUT2D eigenvalue weighted by atomic mass is 16.5. The summed E-state index contributed by atoms with van der Waals surface area (Å²) in [5.41, 5.74) is 1.30. The van der Waals surface area contributed by atoms with E-state index < -0.39 is 0 Å². The van der Waals surface area contributed by atoms with Gasteiger partial charge in [-0.15, -0.1) is 0 Å². The molecule has 0 saturated heterocycles. The number of hydrogen-bond acceptors (Lipinski definition) is 2. The van der Waals surface area contributed by atoms with Crippen LogP contribution in [0.4, 0.5) is 0 Å². The van der Waals surface area contributed by atoms with Crippen LogP contribution in [0.3, 0.4) is 0 Å². The van der Waals surface area contributed by atoms with Crippen molar-refractivity contribution in [3.8, 4) is 5.75 Å². The van der Waals surface area contributed by atoms with Crippen molar-refractivity contribution >= 4 is 5.97 Å². The molecule has 2 nitrogen and oxygen atoms in total. The third-order valence-corrected chi connectivity index (χ3v) is 4.83. The maximum Gasteiger partial charge on any atom is 0.314 e. The largest absolute Gasteiger partial charge is 0.426 e. The van der Waals surface area contributed by atoms with Crippen LogP contribution < -0.4 is 4.74 Å². The first-order valence-electron chi connectivity index (χ1n) is 9.03. The normalized spacial score (nSPS) is 21.5. The number of benzene rings is 1. The van der Waals surface area contributed by atoms with Crippen LogP contribution in [0, 0.1) is 11.8 Å². The first kappa shape index (κ1) is 17.1. The predicted octanol–water partition coefficient (Wildman–Crippen LogP) is 5.54. The fraction of sp³-hybridized carbons (Fsp3) is 0.650. The van der Waals surface area contributed by atoms with Gasteiger partial charge in [-0.2, -0.15) is 0 Å². The van der Waals surface area contributed by atoms with Crippen LogP contribution in [-0.2, 0) is 11.2 Å². The Morgan fingerprint density at radius 3 is 2.32 bits per heavy atom. The minimum Gasteiger partial charge on any atom is -0.426 e. The van der Waals surface area contributed by atoms with Crippen molar-refractivity contribution in [2.24, 2.45) is 11.8 Å². The Kier molecular flexibility index (Phi) is 6.95. The van der Waals surface area contributed by atoms with Crippen LogP contribution in [-0.4, -0.2) is 5.97 Å². The first-order chi connectivity index (χ1) is 10.7. The molecule has 0 bridgehead atoms. The molecular formula is C20H30O2. The molecule has 1 aliphatic rings. The van der Waals surface area contributed by atoms with Gasteiger partial charge < -0.3 is 4.74 Å². The van der Waals surface area contributed by atoms with Gasteiger partial charge >= 0.3 is 5.97 Å². The van der Waals surface area contributed by atoms with Gasteiger partial charge in [0.2, 0.25) is 0 Å². The van der Waals surface area contributed by atoms with E-state index in [9.17, 15) is 4.79 Å². The molecule has 1 saturated carbocycles. The molecule has 1 fully saturated rings. The minimum atomic E-state index is -0.0304. The number of unbranched alkanes of at least 4 members (excludes halogenated alkanes) is 1. The highest BCUT2D eigenvalue weighted by molar-refractivity contribution is 5.75. The molecule has 1 aromatic carbocycles. The van der Waals surface area contributed by atoms with Crippen LogP contribution in [0.5, 0.6) is 5.75 Å². The second-order valence-electron chi connectivity index (χ2n) is 6.67. The summed E-state index contributed by atoms with van der Waals surface area (Å²) in [5.74, 6) is 1.60. The van der Waals surface area contributed by atoms with E-state index in [1.165, 1.54) is 37.7 Å². The van der Waals surface area contributed by atoms with Crippen molar-refractivity contribution in [3.05, 3.63) is 29.8 Å². The fourth-order valence-electron chi connectivity index (χ4n) is 3.39. The van der Waals surface area contributed by atoms with Gasteiger partial charge in [-0.3, -0.25) is 4.79 Å². The Hall–Kier alpha value is -1.31. The van der Waals surface area contributed by atoms with Gasteiger partial charge in [0.1, 0.15) is 5.75 Å². The summed E-state index contributed by atoms with van der Waals surface area (Å²) in [6.07, 6.45) is 10.5. The van der Waals surface area contributed by atoms with Crippen LogP contribution in [0.1, 0.15) is 70.8 Å². The minimum absolute atomic E-state index is 0.0304. The number of ether oxygens (including phenoxy) is 1. The molecule has 22 heavy (non-hydrogen) atoms. The monoisotopic (exact) mass is 302 g/mol. The maximum absolute atomic E-state index is 12.3. The van der Waals surface area contributed by atoms with Gasteiger partial charge in [-0.05, 0) is 55.7 Å². The molecule has 0 heterocycles. The standard InChI is InChI=1S/C20H30O2/c1-3-5-7-17-8-12-18(13-9-17)20(21)22-19-14-10-16(6-4-2)11-15-19/h10-11,14-15,17-18H,3-9,12-13H2,1-2H3. The third kappa shape index (κ3) is 5.15.